The highest BCUT2D eigenvalue weighted by atomic mass is 35.5. The fourth-order valence-electron chi connectivity index (χ4n) is 1.05. The molecule has 0 unspecified atom stereocenters. The van der Waals surface area contributed by atoms with E-state index in [0.717, 1.165) is 13.2 Å². The minimum atomic E-state index is -2.82. The van der Waals surface area contributed by atoms with E-state index in [1.165, 1.54) is 0 Å². The van der Waals surface area contributed by atoms with Gasteiger partial charge in [0.2, 0.25) is 0 Å². The third-order valence-electron chi connectivity index (χ3n) is 1.83. The summed E-state index contributed by atoms with van der Waals surface area (Å²) in [7, 11) is 1.15. The standard InChI is InChI=1S/C9H8ClF2NO3/c1-16-6(14)3-4-2-5(9(11)12)13-8(10)7(4)15/h2,9,15H,3H2,1H3. The molecule has 0 atom stereocenters. The molecule has 0 aliphatic carbocycles. The van der Waals surface area contributed by atoms with Crippen LogP contribution in [0.15, 0.2) is 6.07 Å². The van der Waals surface area contributed by atoms with E-state index in [1.807, 2.05) is 0 Å². The Labute approximate surface area is 94.8 Å². The van der Waals surface area contributed by atoms with Crippen molar-refractivity contribution in [1.82, 2.24) is 4.98 Å². The zero-order chi connectivity index (χ0) is 12.3. The van der Waals surface area contributed by atoms with Crippen molar-refractivity contribution < 1.29 is 23.4 Å². The number of esters is 1. The zero-order valence-corrected chi connectivity index (χ0v) is 8.96. The molecule has 0 aliphatic heterocycles. The monoisotopic (exact) mass is 251 g/mol. The van der Waals surface area contributed by atoms with Gasteiger partial charge in [-0.2, -0.15) is 0 Å². The number of methoxy groups -OCH3 is 1. The molecule has 0 bridgehead atoms. The summed E-state index contributed by atoms with van der Waals surface area (Å²) < 4.78 is 29.1. The minimum absolute atomic E-state index is 0.0397. The SMILES string of the molecule is COC(=O)Cc1cc(C(F)F)nc(Cl)c1O. The Bertz CT molecular complexity index is 412. The topological polar surface area (TPSA) is 59.4 Å². The van der Waals surface area contributed by atoms with Gasteiger partial charge in [0.1, 0.15) is 5.69 Å². The van der Waals surface area contributed by atoms with E-state index in [9.17, 15) is 18.7 Å². The molecule has 0 fully saturated rings. The normalized spacial score (nSPS) is 10.6. The van der Waals surface area contributed by atoms with E-state index < -0.39 is 29.0 Å². The quantitative estimate of drug-likeness (QED) is 0.660. The second-order valence-electron chi connectivity index (χ2n) is 2.90. The van der Waals surface area contributed by atoms with Crippen molar-refractivity contribution in [2.75, 3.05) is 7.11 Å². The fraction of sp³-hybridized carbons (Fsp3) is 0.333. The number of hydrogen-bond donors (Lipinski definition) is 1. The number of aromatic nitrogens is 1. The molecule has 0 saturated carbocycles. The van der Waals surface area contributed by atoms with Crippen LogP contribution in [0.4, 0.5) is 8.78 Å². The highest BCUT2D eigenvalue weighted by molar-refractivity contribution is 6.30. The summed E-state index contributed by atoms with van der Waals surface area (Å²) in [5, 5.41) is 8.94. The van der Waals surface area contributed by atoms with Crippen LogP contribution in [0.3, 0.4) is 0 Å². The number of carbonyl (C=O) groups excluding carboxylic acids is 1. The molecule has 0 radical (unpaired) electrons. The third kappa shape index (κ3) is 2.79. The smallest absolute Gasteiger partial charge is 0.310 e. The Morgan fingerprint density at radius 3 is 2.81 bits per heavy atom. The molecule has 1 heterocycles. The molecular weight excluding hydrogens is 244 g/mol. The number of hydrogen-bond acceptors (Lipinski definition) is 4. The van der Waals surface area contributed by atoms with E-state index in [4.69, 9.17) is 11.6 Å². The lowest BCUT2D eigenvalue weighted by Crippen LogP contribution is -2.06. The van der Waals surface area contributed by atoms with Crippen LogP contribution in [0.2, 0.25) is 5.15 Å². The number of aromatic hydroxyl groups is 1. The number of alkyl halides is 2. The molecule has 1 N–H and O–H groups in total. The number of ether oxygens (including phenoxy) is 1. The highest BCUT2D eigenvalue weighted by Crippen LogP contribution is 2.30. The molecular formula is C9H8ClF2NO3. The third-order valence-corrected chi connectivity index (χ3v) is 2.10. The van der Waals surface area contributed by atoms with Gasteiger partial charge in [-0.15, -0.1) is 0 Å². The molecule has 0 spiro atoms. The largest absolute Gasteiger partial charge is 0.504 e. The van der Waals surface area contributed by atoms with Crippen LogP contribution in [0.25, 0.3) is 0 Å². The summed E-state index contributed by atoms with van der Waals surface area (Å²) in [5.74, 6) is -1.16. The number of carbonyl (C=O) groups is 1. The summed E-state index contributed by atoms with van der Waals surface area (Å²) in [6.45, 7) is 0. The summed E-state index contributed by atoms with van der Waals surface area (Å²) in [6.07, 6.45) is -3.17. The Morgan fingerprint density at radius 1 is 1.69 bits per heavy atom. The summed E-state index contributed by atoms with van der Waals surface area (Å²) >= 11 is 5.44. The van der Waals surface area contributed by atoms with Gasteiger partial charge in [0.05, 0.1) is 13.5 Å². The van der Waals surface area contributed by atoms with Gasteiger partial charge in [-0.1, -0.05) is 11.6 Å². The average Bonchev–Trinajstić information content (AvgIpc) is 2.23. The molecule has 1 aromatic heterocycles. The number of halogens is 3. The van der Waals surface area contributed by atoms with Crippen molar-refractivity contribution in [2.24, 2.45) is 0 Å². The van der Waals surface area contributed by atoms with Crippen molar-refractivity contribution in [3.8, 4) is 5.75 Å². The Kier molecular flexibility index (Phi) is 4.00. The van der Waals surface area contributed by atoms with Gasteiger partial charge in [-0.25, -0.2) is 13.8 Å². The van der Waals surface area contributed by atoms with Crippen LogP contribution in [-0.2, 0) is 16.0 Å². The predicted molar refractivity (Wildman–Crippen MR) is 51.6 cm³/mol. The summed E-state index contributed by atoms with van der Waals surface area (Å²) in [6, 6.07) is 0.919. The second kappa shape index (κ2) is 5.07. The van der Waals surface area contributed by atoms with Crippen LogP contribution in [0, 0.1) is 0 Å². The van der Waals surface area contributed by atoms with Gasteiger partial charge in [-0.3, -0.25) is 4.79 Å². The van der Waals surface area contributed by atoms with Crippen LogP contribution < -0.4 is 0 Å². The van der Waals surface area contributed by atoms with E-state index in [0.29, 0.717) is 0 Å². The predicted octanol–water partition coefficient (Wildman–Crippen LogP) is 2.09. The van der Waals surface area contributed by atoms with Gasteiger partial charge >= 0.3 is 5.97 Å². The van der Waals surface area contributed by atoms with Gasteiger partial charge in [0.15, 0.2) is 10.9 Å². The van der Waals surface area contributed by atoms with Crippen LogP contribution in [0.5, 0.6) is 5.75 Å². The average molecular weight is 252 g/mol. The zero-order valence-electron chi connectivity index (χ0n) is 8.21. The van der Waals surface area contributed by atoms with E-state index >= 15 is 0 Å². The molecule has 1 rings (SSSR count). The molecule has 88 valence electrons. The van der Waals surface area contributed by atoms with E-state index in [-0.39, 0.29) is 12.0 Å². The number of rotatable bonds is 3. The van der Waals surface area contributed by atoms with Crippen molar-refractivity contribution in [3.05, 3.63) is 22.5 Å². The lowest BCUT2D eigenvalue weighted by molar-refractivity contribution is -0.139. The molecule has 7 heteroatoms. The first-order chi connectivity index (χ1) is 7.45. The Hall–Kier alpha value is -1.43. The molecule has 0 aliphatic rings. The lowest BCUT2D eigenvalue weighted by Gasteiger charge is -2.07. The van der Waals surface area contributed by atoms with Gasteiger partial charge < -0.3 is 9.84 Å². The number of pyridine rings is 1. The van der Waals surface area contributed by atoms with E-state index in [2.05, 4.69) is 9.72 Å². The van der Waals surface area contributed by atoms with Crippen LogP contribution in [-0.4, -0.2) is 23.2 Å². The first kappa shape index (κ1) is 12.6. The van der Waals surface area contributed by atoms with Crippen LogP contribution >= 0.6 is 11.6 Å². The van der Waals surface area contributed by atoms with Crippen LogP contribution in [0.1, 0.15) is 17.7 Å². The fourth-order valence-corrected chi connectivity index (χ4v) is 1.27. The molecule has 4 nitrogen and oxygen atoms in total. The summed E-state index contributed by atoms with van der Waals surface area (Å²) in [4.78, 5) is 14.2. The lowest BCUT2D eigenvalue weighted by atomic mass is 10.1. The summed E-state index contributed by atoms with van der Waals surface area (Å²) in [5.41, 5.74) is -0.635. The maximum atomic E-state index is 12.4. The van der Waals surface area contributed by atoms with Crippen molar-refractivity contribution in [3.63, 3.8) is 0 Å². The first-order valence-electron chi connectivity index (χ1n) is 4.19. The second-order valence-corrected chi connectivity index (χ2v) is 3.26. The molecule has 0 amide bonds. The minimum Gasteiger partial charge on any atom is -0.504 e. The van der Waals surface area contributed by atoms with Crippen molar-refractivity contribution in [1.29, 1.82) is 0 Å². The number of nitrogens with zero attached hydrogens (tertiary/aromatic N) is 1. The highest BCUT2D eigenvalue weighted by Gasteiger charge is 2.18. The molecule has 0 saturated heterocycles. The molecule has 1 aromatic rings. The van der Waals surface area contributed by atoms with Crippen molar-refractivity contribution >= 4 is 17.6 Å². The Balaban J connectivity index is 3.11. The van der Waals surface area contributed by atoms with E-state index in [1.54, 1.807) is 0 Å². The van der Waals surface area contributed by atoms with Gasteiger partial charge in [0, 0.05) is 5.56 Å². The molecule has 16 heavy (non-hydrogen) atoms. The van der Waals surface area contributed by atoms with Gasteiger partial charge in [-0.05, 0) is 6.07 Å². The Morgan fingerprint density at radius 2 is 2.31 bits per heavy atom. The first-order valence-corrected chi connectivity index (χ1v) is 4.56. The maximum Gasteiger partial charge on any atom is 0.310 e. The maximum absolute atomic E-state index is 12.4. The van der Waals surface area contributed by atoms with Gasteiger partial charge in [0.25, 0.3) is 6.43 Å². The molecule has 0 aromatic carbocycles. The van der Waals surface area contributed by atoms with Crippen molar-refractivity contribution in [2.45, 2.75) is 12.8 Å².